The van der Waals surface area contributed by atoms with E-state index >= 15 is 0 Å². The summed E-state index contributed by atoms with van der Waals surface area (Å²) >= 11 is 3.44. The first-order valence-corrected chi connectivity index (χ1v) is 8.04. The lowest BCUT2D eigenvalue weighted by Gasteiger charge is -2.18. The predicted molar refractivity (Wildman–Crippen MR) is 82.8 cm³/mol. The summed E-state index contributed by atoms with van der Waals surface area (Å²) in [7, 11) is 0. The second-order valence-corrected chi connectivity index (χ2v) is 6.50. The lowest BCUT2D eigenvalue weighted by Crippen LogP contribution is -2.21. The molecule has 1 fully saturated rings. The van der Waals surface area contributed by atoms with Gasteiger partial charge in [0.05, 0.1) is 0 Å². The van der Waals surface area contributed by atoms with E-state index in [0.29, 0.717) is 30.3 Å². The largest absolute Gasteiger partial charge is 0.339 e. The van der Waals surface area contributed by atoms with E-state index in [1.165, 1.54) is 0 Å². The molecule has 1 heterocycles. The summed E-state index contributed by atoms with van der Waals surface area (Å²) in [6, 6.07) is 5.96. The summed E-state index contributed by atoms with van der Waals surface area (Å²) in [6.07, 6.45) is 4.33. The molecule has 0 bridgehead atoms. The first-order valence-electron chi connectivity index (χ1n) is 7.25. The van der Waals surface area contributed by atoms with Gasteiger partial charge in [0.15, 0.2) is 0 Å². The number of Topliss-reactive ketones (excluding diaryl/α,β-unsaturated/α-hetero) is 1. The van der Waals surface area contributed by atoms with Crippen molar-refractivity contribution in [3.63, 3.8) is 0 Å². The molecule has 110 valence electrons. The molecule has 0 aliphatic heterocycles. The van der Waals surface area contributed by atoms with Crippen LogP contribution in [0, 0.1) is 12.8 Å². The third kappa shape index (κ3) is 3.23. The maximum Gasteiger partial charge on any atom is 0.227 e. The lowest BCUT2D eigenvalue weighted by atomic mass is 9.86. The highest BCUT2D eigenvalue weighted by Gasteiger charge is 2.25. The number of carbonyl (C=O) groups is 1. The van der Waals surface area contributed by atoms with Gasteiger partial charge in [-0.25, -0.2) is 0 Å². The Bertz CT molecular complexity index is 666. The van der Waals surface area contributed by atoms with Crippen LogP contribution in [-0.2, 0) is 11.2 Å². The summed E-state index contributed by atoms with van der Waals surface area (Å²) in [4.78, 5) is 16.3. The number of rotatable bonds is 3. The van der Waals surface area contributed by atoms with Crippen LogP contribution in [0.2, 0.25) is 0 Å². The Balaban J connectivity index is 1.78. The number of aromatic nitrogens is 2. The van der Waals surface area contributed by atoms with Gasteiger partial charge < -0.3 is 4.52 Å². The average molecular weight is 349 g/mol. The molecule has 5 heteroatoms. The summed E-state index contributed by atoms with van der Waals surface area (Å²) in [5.41, 5.74) is 2.05. The molecule has 1 aliphatic carbocycles. The molecule has 1 atom stereocenters. The minimum absolute atomic E-state index is 0.0538. The zero-order chi connectivity index (χ0) is 14.8. The highest BCUT2D eigenvalue weighted by atomic mass is 79.9. The van der Waals surface area contributed by atoms with E-state index in [0.717, 1.165) is 34.9 Å². The molecule has 1 aromatic heterocycles. The maximum atomic E-state index is 11.9. The topological polar surface area (TPSA) is 56.0 Å². The van der Waals surface area contributed by atoms with Crippen LogP contribution in [0.1, 0.15) is 37.1 Å². The highest BCUT2D eigenvalue weighted by molar-refractivity contribution is 9.10. The molecule has 1 aliphatic rings. The molecule has 1 saturated carbocycles. The van der Waals surface area contributed by atoms with Crippen molar-refractivity contribution in [1.29, 1.82) is 0 Å². The van der Waals surface area contributed by atoms with E-state index in [1.807, 2.05) is 25.1 Å². The number of carbonyl (C=O) groups excluding carboxylic acids is 1. The molecular weight excluding hydrogens is 332 g/mol. The van der Waals surface area contributed by atoms with Crippen LogP contribution in [0.3, 0.4) is 0 Å². The molecular formula is C16H17BrN2O2. The fraction of sp³-hybridized carbons (Fsp3) is 0.438. The second kappa shape index (κ2) is 6.10. The molecule has 21 heavy (non-hydrogen) atoms. The van der Waals surface area contributed by atoms with Crippen LogP contribution in [-0.4, -0.2) is 15.9 Å². The van der Waals surface area contributed by atoms with Crippen LogP contribution >= 0.6 is 15.9 Å². The molecule has 1 unspecified atom stereocenters. The maximum absolute atomic E-state index is 11.9. The van der Waals surface area contributed by atoms with Crippen molar-refractivity contribution in [2.75, 3.05) is 0 Å². The second-order valence-electron chi connectivity index (χ2n) is 5.58. The van der Waals surface area contributed by atoms with E-state index in [-0.39, 0.29) is 5.92 Å². The molecule has 1 aromatic carbocycles. The van der Waals surface area contributed by atoms with Crippen LogP contribution in [0.15, 0.2) is 27.2 Å². The number of hydrogen-bond acceptors (Lipinski definition) is 4. The van der Waals surface area contributed by atoms with Gasteiger partial charge in [-0.3, -0.25) is 4.79 Å². The van der Waals surface area contributed by atoms with Crippen molar-refractivity contribution in [1.82, 2.24) is 10.1 Å². The number of ketones is 1. The zero-order valence-electron chi connectivity index (χ0n) is 11.9. The van der Waals surface area contributed by atoms with E-state index in [4.69, 9.17) is 4.52 Å². The SMILES string of the molecule is Cc1cc(Br)ccc1-c1noc(CC2CCCCC2=O)n1. The Kier molecular flexibility index (Phi) is 4.19. The van der Waals surface area contributed by atoms with Gasteiger partial charge in [0.25, 0.3) is 0 Å². The number of aryl methyl sites for hydroxylation is 1. The average Bonchev–Trinajstić information content (AvgIpc) is 2.90. The fourth-order valence-corrected chi connectivity index (χ4v) is 3.28. The van der Waals surface area contributed by atoms with Crippen LogP contribution in [0.5, 0.6) is 0 Å². The van der Waals surface area contributed by atoms with E-state index in [9.17, 15) is 4.79 Å². The molecule has 0 radical (unpaired) electrons. The van der Waals surface area contributed by atoms with Crippen LogP contribution < -0.4 is 0 Å². The minimum atomic E-state index is 0.0538. The summed E-state index contributed by atoms with van der Waals surface area (Å²) in [5, 5.41) is 4.05. The summed E-state index contributed by atoms with van der Waals surface area (Å²) < 4.78 is 6.36. The quantitative estimate of drug-likeness (QED) is 0.837. The lowest BCUT2D eigenvalue weighted by molar-refractivity contribution is -0.124. The van der Waals surface area contributed by atoms with Crippen molar-refractivity contribution in [2.45, 2.75) is 39.0 Å². The zero-order valence-corrected chi connectivity index (χ0v) is 13.5. The van der Waals surface area contributed by atoms with Gasteiger partial charge in [0.1, 0.15) is 5.78 Å². The van der Waals surface area contributed by atoms with Gasteiger partial charge in [-0.2, -0.15) is 4.98 Å². The molecule has 3 rings (SSSR count). The van der Waals surface area contributed by atoms with Gasteiger partial charge in [-0.05, 0) is 43.5 Å². The minimum Gasteiger partial charge on any atom is -0.339 e. The third-order valence-corrected chi connectivity index (χ3v) is 4.49. The Morgan fingerprint density at radius 2 is 2.24 bits per heavy atom. The first kappa shape index (κ1) is 14.4. The smallest absolute Gasteiger partial charge is 0.227 e. The van der Waals surface area contributed by atoms with Gasteiger partial charge in [0.2, 0.25) is 11.7 Å². The van der Waals surface area contributed by atoms with E-state index in [1.54, 1.807) is 0 Å². The van der Waals surface area contributed by atoms with E-state index < -0.39 is 0 Å². The van der Waals surface area contributed by atoms with Gasteiger partial charge in [0, 0.05) is 28.8 Å². The van der Waals surface area contributed by atoms with Gasteiger partial charge in [-0.15, -0.1) is 0 Å². The molecule has 2 aromatic rings. The van der Waals surface area contributed by atoms with Crippen molar-refractivity contribution < 1.29 is 9.32 Å². The van der Waals surface area contributed by atoms with Crippen LogP contribution in [0.25, 0.3) is 11.4 Å². The Morgan fingerprint density at radius 1 is 1.38 bits per heavy atom. The molecule has 0 amide bonds. The number of benzene rings is 1. The van der Waals surface area contributed by atoms with Crippen molar-refractivity contribution in [2.24, 2.45) is 5.92 Å². The standard InChI is InChI=1S/C16H17BrN2O2/c1-10-8-12(17)6-7-13(10)16-18-15(21-19-16)9-11-4-2-3-5-14(11)20/h6-8,11H,2-5,9H2,1H3. The first-order chi connectivity index (χ1) is 10.1. The predicted octanol–water partition coefficient (Wildman–Crippen LogP) is 4.11. The normalized spacial score (nSPS) is 19.0. The molecule has 0 spiro atoms. The third-order valence-electron chi connectivity index (χ3n) is 4.00. The Morgan fingerprint density at radius 3 is 3.00 bits per heavy atom. The fourth-order valence-electron chi connectivity index (χ4n) is 2.81. The molecule has 4 nitrogen and oxygen atoms in total. The van der Waals surface area contributed by atoms with Crippen LogP contribution in [0.4, 0.5) is 0 Å². The van der Waals surface area contributed by atoms with Gasteiger partial charge in [-0.1, -0.05) is 27.5 Å². The Labute approximate surface area is 132 Å². The number of hydrogen-bond donors (Lipinski definition) is 0. The van der Waals surface area contributed by atoms with E-state index in [2.05, 4.69) is 26.1 Å². The number of nitrogens with zero attached hydrogens (tertiary/aromatic N) is 2. The monoisotopic (exact) mass is 348 g/mol. The Hall–Kier alpha value is -1.49. The number of halogens is 1. The summed E-state index contributed by atoms with van der Waals surface area (Å²) in [5.74, 6) is 1.55. The highest BCUT2D eigenvalue weighted by Crippen LogP contribution is 2.26. The van der Waals surface area contributed by atoms with Gasteiger partial charge >= 0.3 is 0 Å². The molecule has 0 N–H and O–H groups in total. The van der Waals surface area contributed by atoms with Crippen molar-refractivity contribution in [3.05, 3.63) is 34.1 Å². The summed E-state index contributed by atoms with van der Waals surface area (Å²) in [6.45, 7) is 2.01. The van der Waals surface area contributed by atoms with Crippen molar-refractivity contribution >= 4 is 21.7 Å². The molecule has 0 saturated heterocycles. The van der Waals surface area contributed by atoms with Crippen molar-refractivity contribution in [3.8, 4) is 11.4 Å².